The molecule has 2 N–H and O–H groups in total. The maximum absolute atomic E-state index is 5.90. The van der Waals surface area contributed by atoms with Crippen molar-refractivity contribution in [3.8, 4) is 5.75 Å². The summed E-state index contributed by atoms with van der Waals surface area (Å²) in [5.41, 5.74) is 0. The maximum Gasteiger partial charge on any atom is 0.191 e. The number of aliphatic imine (C=N–C) groups is 1. The molecule has 1 aromatic carbocycles. The first kappa shape index (κ1) is 21.5. The van der Waals surface area contributed by atoms with E-state index in [0.29, 0.717) is 18.7 Å². The maximum atomic E-state index is 5.90. The highest BCUT2D eigenvalue weighted by Gasteiger charge is 2.20. The molecule has 1 aromatic rings. The van der Waals surface area contributed by atoms with E-state index in [-0.39, 0.29) is 6.10 Å². The first-order valence-corrected chi connectivity index (χ1v) is 10.1. The summed E-state index contributed by atoms with van der Waals surface area (Å²) in [7, 11) is 1.82. The second-order valence-electron chi connectivity index (χ2n) is 7.37. The average molecular weight is 377 g/mol. The van der Waals surface area contributed by atoms with E-state index in [9.17, 15) is 0 Å². The molecule has 1 fully saturated rings. The van der Waals surface area contributed by atoms with Gasteiger partial charge in [-0.25, -0.2) is 0 Å². The van der Waals surface area contributed by atoms with Crippen LogP contribution in [0.4, 0.5) is 0 Å². The minimum Gasteiger partial charge on any atom is -0.489 e. The highest BCUT2D eigenvalue weighted by Crippen LogP contribution is 2.11. The molecule has 1 aliphatic heterocycles. The van der Waals surface area contributed by atoms with Crippen LogP contribution < -0.4 is 15.4 Å². The number of para-hydroxylation sites is 1. The number of nitrogens with zero attached hydrogens (tertiary/aromatic N) is 2. The Kier molecular flexibility index (Phi) is 9.42. The summed E-state index contributed by atoms with van der Waals surface area (Å²) < 4.78 is 11.6. The minimum atomic E-state index is 0.0637. The predicted octanol–water partition coefficient (Wildman–Crippen LogP) is 2.51. The molecule has 1 unspecified atom stereocenters. The fraction of sp³-hybridized carbons (Fsp3) is 0.667. The second kappa shape index (κ2) is 11.8. The van der Waals surface area contributed by atoms with Crippen molar-refractivity contribution in [3.63, 3.8) is 0 Å². The Bertz CT molecular complexity index is 542. The van der Waals surface area contributed by atoms with Gasteiger partial charge in [-0.3, -0.25) is 4.99 Å². The van der Waals surface area contributed by atoms with Gasteiger partial charge in [-0.2, -0.15) is 0 Å². The lowest BCUT2D eigenvalue weighted by molar-refractivity contribution is 0.0532. The molecule has 1 aliphatic rings. The molecule has 0 saturated carbocycles. The average Bonchev–Trinajstić information content (AvgIpc) is 2.67. The van der Waals surface area contributed by atoms with Gasteiger partial charge >= 0.3 is 0 Å². The van der Waals surface area contributed by atoms with Crippen molar-refractivity contribution in [3.05, 3.63) is 30.3 Å². The van der Waals surface area contributed by atoms with Crippen molar-refractivity contribution >= 4 is 5.96 Å². The van der Waals surface area contributed by atoms with Crippen LogP contribution in [0.25, 0.3) is 0 Å². The molecule has 0 bridgehead atoms. The zero-order valence-corrected chi connectivity index (χ0v) is 17.3. The van der Waals surface area contributed by atoms with Crippen molar-refractivity contribution in [2.45, 2.75) is 51.9 Å². The van der Waals surface area contributed by atoms with Crippen molar-refractivity contribution in [1.82, 2.24) is 15.5 Å². The van der Waals surface area contributed by atoms with Crippen LogP contribution in [-0.2, 0) is 4.74 Å². The number of nitrogens with one attached hydrogen (secondary N) is 2. The van der Waals surface area contributed by atoms with Crippen molar-refractivity contribution in [2.24, 2.45) is 4.99 Å². The van der Waals surface area contributed by atoms with Gasteiger partial charge in [0.25, 0.3) is 0 Å². The predicted molar refractivity (Wildman–Crippen MR) is 112 cm³/mol. The van der Waals surface area contributed by atoms with Crippen LogP contribution in [0.5, 0.6) is 5.75 Å². The molecule has 6 heteroatoms. The lowest BCUT2D eigenvalue weighted by Crippen LogP contribution is -2.50. The fourth-order valence-corrected chi connectivity index (χ4v) is 3.12. The van der Waals surface area contributed by atoms with E-state index in [1.54, 1.807) is 0 Å². The number of rotatable bonds is 9. The van der Waals surface area contributed by atoms with E-state index in [0.717, 1.165) is 50.8 Å². The van der Waals surface area contributed by atoms with E-state index >= 15 is 0 Å². The number of guanidine groups is 1. The molecule has 0 aromatic heterocycles. The van der Waals surface area contributed by atoms with Gasteiger partial charge in [0, 0.05) is 32.7 Å². The molecule has 27 heavy (non-hydrogen) atoms. The molecule has 2 rings (SSSR count). The highest BCUT2D eigenvalue weighted by atomic mass is 16.5. The van der Waals surface area contributed by atoms with E-state index in [2.05, 4.69) is 41.3 Å². The van der Waals surface area contributed by atoms with E-state index in [1.165, 1.54) is 0 Å². The summed E-state index contributed by atoms with van der Waals surface area (Å²) in [5, 5.41) is 6.92. The topological polar surface area (TPSA) is 58.1 Å². The summed E-state index contributed by atoms with van der Waals surface area (Å²) in [4.78, 5) is 6.83. The Labute approximate surface area is 164 Å². The Morgan fingerprint density at radius 2 is 1.89 bits per heavy atom. The number of benzene rings is 1. The molecule has 0 aliphatic carbocycles. The molecule has 1 atom stereocenters. The Hall–Kier alpha value is -1.79. The first-order chi connectivity index (χ1) is 13.1. The number of likely N-dealkylation sites (tertiary alicyclic amines) is 1. The molecule has 152 valence electrons. The number of hydrogen-bond donors (Lipinski definition) is 2. The largest absolute Gasteiger partial charge is 0.489 e. The van der Waals surface area contributed by atoms with Crippen molar-refractivity contribution < 1.29 is 9.47 Å². The van der Waals surface area contributed by atoms with Gasteiger partial charge < -0.3 is 25.0 Å². The Morgan fingerprint density at radius 1 is 1.19 bits per heavy atom. The zero-order chi connectivity index (χ0) is 19.5. The van der Waals surface area contributed by atoms with Crippen LogP contribution in [0, 0.1) is 0 Å². The molecule has 1 saturated heterocycles. The summed E-state index contributed by atoms with van der Waals surface area (Å²) >= 11 is 0. The van der Waals surface area contributed by atoms with Gasteiger partial charge in [0.15, 0.2) is 5.96 Å². The quantitative estimate of drug-likeness (QED) is 0.512. The molecule has 0 spiro atoms. The second-order valence-corrected chi connectivity index (χ2v) is 7.37. The van der Waals surface area contributed by atoms with Crippen LogP contribution in [-0.4, -0.2) is 68.9 Å². The van der Waals surface area contributed by atoms with Gasteiger partial charge in [-0.05, 0) is 45.7 Å². The lowest BCUT2D eigenvalue weighted by Gasteiger charge is -2.33. The first-order valence-electron chi connectivity index (χ1n) is 10.1. The van der Waals surface area contributed by atoms with Gasteiger partial charge in [0.1, 0.15) is 11.9 Å². The summed E-state index contributed by atoms with van der Waals surface area (Å²) in [5.74, 6) is 1.74. The van der Waals surface area contributed by atoms with Gasteiger partial charge in [0.05, 0.1) is 19.3 Å². The lowest BCUT2D eigenvalue weighted by atomic mass is 10.1. The van der Waals surface area contributed by atoms with Gasteiger partial charge in [-0.1, -0.05) is 18.2 Å². The smallest absolute Gasteiger partial charge is 0.191 e. The van der Waals surface area contributed by atoms with Crippen molar-refractivity contribution in [1.29, 1.82) is 0 Å². The van der Waals surface area contributed by atoms with Crippen LogP contribution in [0.15, 0.2) is 35.3 Å². The third-order valence-electron chi connectivity index (χ3n) is 4.65. The number of piperidine rings is 1. The van der Waals surface area contributed by atoms with Gasteiger partial charge in [0.2, 0.25) is 0 Å². The van der Waals surface area contributed by atoms with Crippen molar-refractivity contribution in [2.75, 3.05) is 39.8 Å². The van der Waals surface area contributed by atoms with Crippen LogP contribution in [0.2, 0.25) is 0 Å². The van der Waals surface area contributed by atoms with E-state index < -0.39 is 0 Å². The normalized spacial score (nSPS) is 17.7. The monoisotopic (exact) mass is 376 g/mol. The summed E-state index contributed by atoms with van der Waals surface area (Å²) in [6.07, 6.45) is 2.62. The van der Waals surface area contributed by atoms with E-state index in [4.69, 9.17) is 9.47 Å². The molecule has 0 radical (unpaired) electrons. The number of hydrogen-bond acceptors (Lipinski definition) is 4. The minimum absolute atomic E-state index is 0.0637. The molecular weight excluding hydrogens is 340 g/mol. The molecule has 0 amide bonds. The molecule has 1 heterocycles. The molecular formula is C21H36N4O2. The number of ether oxygens (including phenoxy) is 2. The Morgan fingerprint density at radius 3 is 2.52 bits per heavy atom. The van der Waals surface area contributed by atoms with E-state index in [1.807, 2.05) is 37.4 Å². The third-order valence-corrected chi connectivity index (χ3v) is 4.65. The third kappa shape index (κ3) is 8.63. The SMILES string of the molecule is CN=C(NCC(C)Oc1ccccc1)NC1CCN(CCOC(C)C)CC1. The van der Waals surface area contributed by atoms with Gasteiger partial charge in [-0.15, -0.1) is 0 Å². The Balaban J connectivity index is 1.64. The van der Waals surface area contributed by atoms with Crippen LogP contribution >= 0.6 is 0 Å². The van der Waals surface area contributed by atoms with Crippen LogP contribution in [0.1, 0.15) is 33.6 Å². The fourth-order valence-electron chi connectivity index (χ4n) is 3.12. The zero-order valence-electron chi connectivity index (χ0n) is 17.3. The molecule has 6 nitrogen and oxygen atoms in total. The van der Waals surface area contributed by atoms with Crippen LogP contribution in [0.3, 0.4) is 0 Å². The summed E-state index contributed by atoms with van der Waals surface area (Å²) in [6.45, 7) is 11.0. The summed E-state index contributed by atoms with van der Waals surface area (Å²) in [6, 6.07) is 10.4. The standard InChI is InChI=1S/C21H36N4O2/c1-17(2)26-15-14-25-12-10-19(11-13-25)24-21(22-4)23-16-18(3)27-20-8-6-5-7-9-20/h5-9,17-19H,10-16H2,1-4H3,(H2,22,23,24). The highest BCUT2D eigenvalue weighted by molar-refractivity contribution is 5.80.